The van der Waals surface area contributed by atoms with E-state index >= 15 is 0 Å². The summed E-state index contributed by atoms with van der Waals surface area (Å²) >= 11 is 1.47. The number of aryl methyl sites for hydroxylation is 3. The van der Waals surface area contributed by atoms with Gasteiger partial charge in [0.2, 0.25) is 0 Å². The Morgan fingerprint density at radius 1 is 1.08 bits per heavy atom. The summed E-state index contributed by atoms with van der Waals surface area (Å²) in [6.07, 6.45) is 0.720. The van der Waals surface area contributed by atoms with Crippen LogP contribution < -0.4 is 5.56 Å². The maximum Gasteiger partial charge on any atom is 0.294 e. The second-order valence-electron chi connectivity index (χ2n) is 6.07. The Morgan fingerprint density at radius 2 is 1.81 bits per heavy atom. The van der Waals surface area contributed by atoms with Gasteiger partial charge in [0, 0.05) is 12.1 Å². The average molecular weight is 363 g/mol. The minimum Gasteiger partial charge on any atom is -0.508 e. The molecular formula is C20H17N3O2S. The van der Waals surface area contributed by atoms with Gasteiger partial charge in [0.25, 0.3) is 5.56 Å². The Hall–Kier alpha value is -2.99. The Balaban J connectivity index is 1.81. The van der Waals surface area contributed by atoms with Crippen LogP contribution in [0.2, 0.25) is 0 Å². The molecule has 5 nitrogen and oxygen atoms in total. The molecule has 0 amide bonds. The standard InChI is InChI=1S/C20H17N3O2S/c1-13-21-18-19(26-13)17(15-7-9-16(24)10-8-15)22-23(20(18)25)12-11-14-5-3-2-4-6-14/h2-10,24H,11-12H2,1H3. The van der Waals surface area contributed by atoms with Gasteiger partial charge < -0.3 is 5.11 Å². The number of thiazole rings is 1. The molecule has 2 aromatic heterocycles. The number of phenolic OH excluding ortho intramolecular Hbond substituents is 1. The smallest absolute Gasteiger partial charge is 0.294 e. The number of aromatic nitrogens is 3. The van der Waals surface area contributed by atoms with E-state index in [-0.39, 0.29) is 11.3 Å². The molecule has 0 aliphatic carbocycles. The summed E-state index contributed by atoms with van der Waals surface area (Å²) in [5.74, 6) is 0.197. The Kier molecular flexibility index (Phi) is 4.26. The number of hydrogen-bond acceptors (Lipinski definition) is 5. The van der Waals surface area contributed by atoms with Crippen molar-refractivity contribution < 1.29 is 5.11 Å². The summed E-state index contributed by atoms with van der Waals surface area (Å²) in [6, 6.07) is 16.9. The monoisotopic (exact) mass is 363 g/mol. The van der Waals surface area contributed by atoms with Crippen molar-refractivity contribution in [2.24, 2.45) is 0 Å². The molecule has 2 heterocycles. The highest BCUT2D eigenvalue weighted by Crippen LogP contribution is 2.30. The predicted octanol–water partition coefficient (Wildman–Crippen LogP) is 3.78. The van der Waals surface area contributed by atoms with E-state index in [1.165, 1.54) is 16.0 Å². The van der Waals surface area contributed by atoms with Gasteiger partial charge in [-0.3, -0.25) is 4.79 Å². The molecular weight excluding hydrogens is 346 g/mol. The maximum absolute atomic E-state index is 12.8. The molecule has 4 aromatic rings. The zero-order valence-corrected chi connectivity index (χ0v) is 15.0. The lowest BCUT2D eigenvalue weighted by Crippen LogP contribution is -2.24. The molecule has 0 atom stereocenters. The topological polar surface area (TPSA) is 68.0 Å². The van der Waals surface area contributed by atoms with Crippen LogP contribution in [0.25, 0.3) is 21.5 Å². The molecule has 1 N–H and O–H groups in total. The van der Waals surface area contributed by atoms with Crippen LogP contribution in [0.4, 0.5) is 0 Å². The van der Waals surface area contributed by atoms with Crippen molar-refractivity contribution in [1.29, 1.82) is 0 Å². The Bertz CT molecular complexity index is 1120. The van der Waals surface area contributed by atoms with Gasteiger partial charge in [0.1, 0.15) is 11.4 Å². The summed E-state index contributed by atoms with van der Waals surface area (Å²) in [6.45, 7) is 2.37. The second-order valence-corrected chi connectivity index (χ2v) is 7.27. The van der Waals surface area contributed by atoms with E-state index in [4.69, 9.17) is 0 Å². The highest BCUT2D eigenvalue weighted by molar-refractivity contribution is 7.19. The fourth-order valence-corrected chi connectivity index (χ4v) is 3.82. The molecule has 130 valence electrons. The average Bonchev–Trinajstić information content (AvgIpc) is 3.05. The summed E-state index contributed by atoms with van der Waals surface area (Å²) in [4.78, 5) is 17.2. The van der Waals surface area contributed by atoms with Crippen LogP contribution >= 0.6 is 11.3 Å². The van der Waals surface area contributed by atoms with Gasteiger partial charge in [-0.25, -0.2) is 9.67 Å². The summed E-state index contributed by atoms with van der Waals surface area (Å²) in [7, 11) is 0. The predicted molar refractivity (Wildman–Crippen MR) is 104 cm³/mol. The molecule has 0 unspecified atom stereocenters. The zero-order valence-electron chi connectivity index (χ0n) is 14.2. The van der Waals surface area contributed by atoms with Crippen molar-refractivity contribution in [3.8, 4) is 17.0 Å². The van der Waals surface area contributed by atoms with E-state index in [1.54, 1.807) is 24.3 Å². The Labute approximate surface area is 154 Å². The number of nitrogens with zero attached hydrogens (tertiary/aromatic N) is 3. The zero-order chi connectivity index (χ0) is 18.1. The highest BCUT2D eigenvalue weighted by Gasteiger charge is 2.16. The number of rotatable bonds is 4. The van der Waals surface area contributed by atoms with E-state index in [1.807, 2.05) is 37.3 Å². The quantitative estimate of drug-likeness (QED) is 0.599. The van der Waals surface area contributed by atoms with Crippen molar-refractivity contribution in [2.75, 3.05) is 0 Å². The summed E-state index contributed by atoms with van der Waals surface area (Å²) < 4.78 is 2.28. The minimum atomic E-state index is -0.164. The van der Waals surface area contributed by atoms with E-state index in [0.29, 0.717) is 12.1 Å². The maximum atomic E-state index is 12.8. The van der Waals surface area contributed by atoms with Crippen molar-refractivity contribution >= 4 is 21.6 Å². The van der Waals surface area contributed by atoms with Crippen molar-refractivity contribution in [1.82, 2.24) is 14.8 Å². The lowest BCUT2D eigenvalue weighted by atomic mass is 10.1. The first kappa shape index (κ1) is 16.5. The van der Waals surface area contributed by atoms with Crippen molar-refractivity contribution in [2.45, 2.75) is 19.9 Å². The summed E-state index contributed by atoms with van der Waals surface area (Å²) in [5, 5.41) is 15.0. The van der Waals surface area contributed by atoms with Gasteiger partial charge >= 0.3 is 0 Å². The highest BCUT2D eigenvalue weighted by atomic mass is 32.1. The van der Waals surface area contributed by atoms with Gasteiger partial charge in [-0.05, 0) is 43.2 Å². The first-order chi connectivity index (χ1) is 12.6. The van der Waals surface area contributed by atoms with E-state index in [9.17, 15) is 9.90 Å². The lowest BCUT2D eigenvalue weighted by Gasteiger charge is -2.09. The number of phenols is 1. The molecule has 0 saturated carbocycles. The fraction of sp³-hybridized carbons (Fsp3) is 0.150. The van der Waals surface area contributed by atoms with Gasteiger partial charge in [-0.15, -0.1) is 11.3 Å². The number of benzene rings is 2. The van der Waals surface area contributed by atoms with Gasteiger partial charge in [0.05, 0.1) is 9.71 Å². The van der Waals surface area contributed by atoms with Gasteiger partial charge in [0.15, 0.2) is 5.52 Å². The number of hydrogen-bond donors (Lipinski definition) is 1. The molecule has 0 spiro atoms. The molecule has 0 aliphatic rings. The van der Waals surface area contributed by atoms with E-state index in [0.717, 1.165) is 32.9 Å². The van der Waals surface area contributed by atoms with Gasteiger partial charge in [-0.1, -0.05) is 30.3 Å². The third-order valence-corrected chi connectivity index (χ3v) is 5.18. The molecule has 4 rings (SSSR count). The molecule has 0 aliphatic heterocycles. The van der Waals surface area contributed by atoms with Crippen molar-refractivity contribution in [3.05, 3.63) is 75.5 Å². The first-order valence-corrected chi connectivity index (χ1v) is 9.15. The molecule has 0 bridgehead atoms. The van der Waals surface area contributed by atoms with Crippen LogP contribution in [0.5, 0.6) is 5.75 Å². The van der Waals surface area contributed by atoms with E-state index in [2.05, 4.69) is 10.1 Å². The van der Waals surface area contributed by atoms with Crippen LogP contribution in [0.3, 0.4) is 0 Å². The molecule has 26 heavy (non-hydrogen) atoms. The largest absolute Gasteiger partial charge is 0.508 e. The third-order valence-electron chi connectivity index (χ3n) is 4.20. The molecule has 6 heteroatoms. The Morgan fingerprint density at radius 3 is 2.54 bits per heavy atom. The normalized spacial score (nSPS) is 11.1. The number of aromatic hydroxyl groups is 1. The number of fused-ring (bicyclic) bond motifs is 1. The third kappa shape index (κ3) is 3.11. The van der Waals surface area contributed by atoms with Crippen LogP contribution in [0, 0.1) is 6.92 Å². The molecule has 0 radical (unpaired) electrons. The molecule has 2 aromatic carbocycles. The van der Waals surface area contributed by atoms with Crippen LogP contribution in [-0.4, -0.2) is 19.9 Å². The molecule has 0 fully saturated rings. The SMILES string of the molecule is Cc1nc2c(=O)n(CCc3ccccc3)nc(-c3ccc(O)cc3)c2s1. The summed E-state index contributed by atoms with van der Waals surface area (Å²) in [5.41, 5.74) is 3.02. The lowest BCUT2D eigenvalue weighted by molar-refractivity contribution is 0.475. The van der Waals surface area contributed by atoms with E-state index < -0.39 is 0 Å². The van der Waals surface area contributed by atoms with Crippen LogP contribution in [0.15, 0.2) is 59.4 Å². The van der Waals surface area contributed by atoms with Crippen LogP contribution in [-0.2, 0) is 13.0 Å². The first-order valence-electron chi connectivity index (χ1n) is 8.33. The fourth-order valence-electron chi connectivity index (χ4n) is 2.91. The van der Waals surface area contributed by atoms with Gasteiger partial charge in [-0.2, -0.15) is 5.10 Å². The second kappa shape index (κ2) is 6.72. The minimum absolute atomic E-state index is 0.164. The van der Waals surface area contributed by atoms with Crippen molar-refractivity contribution in [3.63, 3.8) is 0 Å². The molecule has 0 saturated heterocycles. The van der Waals surface area contributed by atoms with Crippen LogP contribution in [0.1, 0.15) is 10.6 Å².